The molecule has 0 aromatic heterocycles. The van der Waals surface area contributed by atoms with E-state index in [0.29, 0.717) is 0 Å². The van der Waals surface area contributed by atoms with E-state index in [1.807, 2.05) is 6.07 Å². The summed E-state index contributed by atoms with van der Waals surface area (Å²) in [4.78, 5) is 4.28. The van der Waals surface area contributed by atoms with E-state index in [1.165, 1.54) is 0 Å². The van der Waals surface area contributed by atoms with Gasteiger partial charge in [-0.15, -0.1) is 0 Å². The number of hydrogen-bond donors (Lipinski definition) is 1. The minimum absolute atomic E-state index is 0.281. The van der Waals surface area contributed by atoms with Crippen LogP contribution in [-0.2, 0) is 4.84 Å². The van der Waals surface area contributed by atoms with E-state index in [1.54, 1.807) is 13.8 Å². The highest BCUT2D eigenvalue weighted by molar-refractivity contribution is 4.91. The molecule has 0 aliphatic carbocycles. The molecule has 0 unspecified atom stereocenters. The predicted molar refractivity (Wildman–Crippen MR) is 29.5 cm³/mol. The van der Waals surface area contributed by atoms with Crippen LogP contribution in [0.2, 0.25) is 0 Å². The third-order valence-corrected chi connectivity index (χ3v) is 0.747. The van der Waals surface area contributed by atoms with Gasteiger partial charge in [-0.05, 0) is 13.8 Å². The Morgan fingerprint density at radius 2 is 2.25 bits per heavy atom. The summed E-state index contributed by atoms with van der Waals surface area (Å²) in [7, 11) is 0. The maximum Gasteiger partial charge on any atom is 0.0860 e. The second-order valence-electron chi connectivity index (χ2n) is 2.31. The van der Waals surface area contributed by atoms with Crippen molar-refractivity contribution in [1.29, 1.82) is 5.26 Å². The van der Waals surface area contributed by atoms with Crippen molar-refractivity contribution in [1.82, 2.24) is 0 Å². The van der Waals surface area contributed by atoms with Gasteiger partial charge in [-0.2, -0.15) is 5.26 Å². The van der Waals surface area contributed by atoms with Gasteiger partial charge in [0.15, 0.2) is 0 Å². The van der Waals surface area contributed by atoms with Gasteiger partial charge in [0.25, 0.3) is 0 Å². The molecule has 0 aliphatic heterocycles. The minimum Gasteiger partial charge on any atom is -0.303 e. The van der Waals surface area contributed by atoms with Crippen LogP contribution in [0.25, 0.3) is 0 Å². The fourth-order valence-corrected chi connectivity index (χ4v) is 0.241. The summed E-state index contributed by atoms with van der Waals surface area (Å²) < 4.78 is 0. The first-order valence-electron chi connectivity index (χ1n) is 2.35. The second kappa shape index (κ2) is 2.65. The fourth-order valence-electron chi connectivity index (χ4n) is 0.241. The highest BCUT2D eigenvalue weighted by Gasteiger charge is 2.15. The normalized spacial score (nSPS) is 10.8. The zero-order valence-corrected chi connectivity index (χ0v) is 5.14. The third kappa shape index (κ3) is 2.56. The fraction of sp³-hybridized carbons (Fsp3) is 0.800. The standard InChI is InChI=1S/C5H10N2O/c1-5(2,3-6)4-8-7/h4,7H2,1-2H3. The summed E-state index contributed by atoms with van der Waals surface area (Å²) in [5, 5.41) is 8.34. The molecule has 0 atom stereocenters. The topological polar surface area (TPSA) is 59.0 Å². The minimum atomic E-state index is -0.450. The molecule has 3 heteroatoms. The Hall–Kier alpha value is -0.590. The molecular formula is C5H10N2O. The number of hydrogen-bond acceptors (Lipinski definition) is 3. The first-order chi connectivity index (χ1) is 3.62. The van der Waals surface area contributed by atoms with Crippen LogP contribution in [-0.4, -0.2) is 6.61 Å². The average Bonchev–Trinajstić information content (AvgIpc) is 1.67. The molecule has 46 valence electrons. The van der Waals surface area contributed by atoms with Crippen molar-refractivity contribution in [2.45, 2.75) is 13.8 Å². The van der Waals surface area contributed by atoms with E-state index >= 15 is 0 Å². The number of nitrogens with zero attached hydrogens (tertiary/aromatic N) is 1. The molecular weight excluding hydrogens is 104 g/mol. The van der Waals surface area contributed by atoms with Gasteiger partial charge in [-0.25, -0.2) is 5.90 Å². The Bertz CT molecular complexity index is 103. The van der Waals surface area contributed by atoms with Gasteiger partial charge < -0.3 is 4.84 Å². The first-order valence-corrected chi connectivity index (χ1v) is 2.35. The van der Waals surface area contributed by atoms with Crippen molar-refractivity contribution in [3.05, 3.63) is 0 Å². The van der Waals surface area contributed by atoms with Crippen molar-refractivity contribution in [3.8, 4) is 6.07 Å². The van der Waals surface area contributed by atoms with Crippen LogP contribution in [0.4, 0.5) is 0 Å². The number of nitriles is 1. The lowest BCUT2D eigenvalue weighted by atomic mass is 9.98. The molecule has 3 nitrogen and oxygen atoms in total. The highest BCUT2D eigenvalue weighted by Crippen LogP contribution is 2.11. The zero-order chi connectivity index (χ0) is 6.62. The largest absolute Gasteiger partial charge is 0.303 e. The molecule has 8 heavy (non-hydrogen) atoms. The predicted octanol–water partition coefficient (Wildman–Crippen LogP) is 0.426. The highest BCUT2D eigenvalue weighted by atomic mass is 16.6. The van der Waals surface area contributed by atoms with Crippen LogP contribution in [0.3, 0.4) is 0 Å². The summed E-state index contributed by atoms with van der Waals surface area (Å²) in [5.41, 5.74) is -0.450. The van der Waals surface area contributed by atoms with Crippen molar-refractivity contribution in [2.75, 3.05) is 6.61 Å². The maximum atomic E-state index is 8.34. The summed E-state index contributed by atoms with van der Waals surface area (Å²) in [6.07, 6.45) is 0. The lowest BCUT2D eigenvalue weighted by Crippen LogP contribution is -2.19. The molecule has 0 aliphatic rings. The summed E-state index contributed by atoms with van der Waals surface area (Å²) in [6.45, 7) is 3.81. The molecule has 0 fully saturated rings. The van der Waals surface area contributed by atoms with E-state index in [-0.39, 0.29) is 6.61 Å². The summed E-state index contributed by atoms with van der Waals surface area (Å²) in [6, 6.07) is 2.04. The van der Waals surface area contributed by atoms with Crippen LogP contribution in [0.1, 0.15) is 13.8 Å². The van der Waals surface area contributed by atoms with Gasteiger partial charge in [0.05, 0.1) is 18.1 Å². The SMILES string of the molecule is CC(C)(C#N)CON. The first kappa shape index (κ1) is 7.41. The van der Waals surface area contributed by atoms with Gasteiger partial charge >= 0.3 is 0 Å². The Morgan fingerprint density at radius 3 is 2.38 bits per heavy atom. The lowest BCUT2D eigenvalue weighted by Gasteiger charge is -2.10. The van der Waals surface area contributed by atoms with Crippen LogP contribution in [0.5, 0.6) is 0 Å². The molecule has 2 N–H and O–H groups in total. The molecule has 0 heterocycles. The lowest BCUT2D eigenvalue weighted by molar-refractivity contribution is 0.0879. The molecule has 0 bridgehead atoms. The smallest absolute Gasteiger partial charge is 0.0860 e. The molecule has 0 aromatic carbocycles. The van der Waals surface area contributed by atoms with Gasteiger partial charge in [0, 0.05) is 0 Å². The van der Waals surface area contributed by atoms with E-state index in [4.69, 9.17) is 11.2 Å². The van der Waals surface area contributed by atoms with E-state index < -0.39 is 5.41 Å². The van der Waals surface area contributed by atoms with Crippen molar-refractivity contribution >= 4 is 0 Å². The quantitative estimate of drug-likeness (QED) is 0.529. The maximum absolute atomic E-state index is 8.34. The van der Waals surface area contributed by atoms with E-state index in [9.17, 15) is 0 Å². The zero-order valence-electron chi connectivity index (χ0n) is 5.14. The Balaban J connectivity index is 3.59. The number of rotatable bonds is 2. The van der Waals surface area contributed by atoms with Gasteiger partial charge in [0.1, 0.15) is 0 Å². The molecule has 0 radical (unpaired) electrons. The van der Waals surface area contributed by atoms with Crippen molar-refractivity contribution < 1.29 is 4.84 Å². The molecule has 0 rings (SSSR count). The van der Waals surface area contributed by atoms with Crippen LogP contribution >= 0.6 is 0 Å². The van der Waals surface area contributed by atoms with Gasteiger partial charge in [-0.1, -0.05) is 0 Å². The summed E-state index contributed by atoms with van der Waals surface area (Å²) >= 11 is 0. The van der Waals surface area contributed by atoms with E-state index in [0.717, 1.165) is 0 Å². The van der Waals surface area contributed by atoms with Crippen LogP contribution in [0, 0.1) is 16.7 Å². The van der Waals surface area contributed by atoms with Crippen molar-refractivity contribution in [3.63, 3.8) is 0 Å². The molecule has 0 amide bonds. The van der Waals surface area contributed by atoms with Crippen LogP contribution in [0.15, 0.2) is 0 Å². The second-order valence-corrected chi connectivity index (χ2v) is 2.31. The van der Waals surface area contributed by atoms with Gasteiger partial charge in [-0.3, -0.25) is 0 Å². The average molecular weight is 114 g/mol. The van der Waals surface area contributed by atoms with Gasteiger partial charge in [0.2, 0.25) is 0 Å². The van der Waals surface area contributed by atoms with Crippen molar-refractivity contribution in [2.24, 2.45) is 11.3 Å². The van der Waals surface area contributed by atoms with Crippen LogP contribution < -0.4 is 5.90 Å². The number of nitrogens with two attached hydrogens (primary N) is 1. The Morgan fingerprint density at radius 1 is 1.75 bits per heavy atom. The Labute approximate surface area is 49.0 Å². The van der Waals surface area contributed by atoms with E-state index in [2.05, 4.69) is 4.84 Å². The molecule has 0 saturated carbocycles. The Kier molecular flexibility index (Phi) is 2.46. The molecule has 0 spiro atoms. The third-order valence-electron chi connectivity index (χ3n) is 0.747. The monoisotopic (exact) mass is 114 g/mol. The molecule has 0 saturated heterocycles. The molecule has 0 aromatic rings. The summed E-state index contributed by atoms with van der Waals surface area (Å²) in [5.74, 6) is 4.74.